The lowest BCUT2D eigenvalue weighted by Gasteiger charge is -2.46. The van der Waals surface area contributed by atoms with Gasteiger partial charge in [-0.1, -0.05) is 264 Å². The standard InChI is InChI=1S/C82H79BN2S/c1-79(2,3)59-36-33-53(34-37-59)58-44-74-76-75(45-58)86-78-66(56-31-23-16-24-32-56)50-63(84-71-41-38-60(80(4,5)6)46-67(71)68-47-61(81(7,8)9)39-42-72(68)84)51-70(78)83(76)69-43-57(52-25-17-13-18-26-52)35-40-73(69)85(74)77-64(54-27-19-14-20-28-54)48-62(82(10,11)12)49-65(77)55-29-21-15-22-30-55/h13-34,36-39,41-49,51,66H,35,40,50H2,1-12H3. The summed E-state index contributed by atoms with van der Waals surface area (Å²) in [5.41, 5.74) is 28.7. The van der Waals surface area contributed by atoms with Crippen LogP contribution < -0.4 is 10.4 Å². The molecule has 10 aromatic rings. The van der Waals surface area contributed by atoms with Gasteiger partial charge in [0.05, 0.1) is 16.7 Å². The van der Waals surface area contributed by atoms with Crippen molar-refractivity contribution in [3.8, 4) is 33.4 Å². The van der Waals surface area contributed by atoms with Crippen LogP contribution in [0, 0.1) is 0 Å². The van der Waals surface area contributed by atoms with Gasteiger partial charge in [-0.05, 0) is 173 Å². The van der Waals surface area contributed by atoms with E-state index >= 15 is 0 Å². The van der Waals surface area contributed by atoms with Gasteiger partial charge in [0.2, 0.25) is 6.71 Å². The Morgan fingerprint density at radius 1 is 0.430 bits per heavy atom. The van der Waals surface area contributed by atoms with Crippen molar-refractivity contribution in [1.82, 2.24) is 4.57 Å². The zero-order valence-electron chi connectivity index (χ0n) is 52.4. The number of hydrogen-bond acceptors (Lipinski definition) is 2. The second-order valence-electron chi connectivity index (χ2n) is 28.9. The molecule has 426 valence electrons. The predicted molar refractivity (Wildman–Crippen MR) is 373 cm³/mol. The number of aromatic nitrogens is 1. The molecule has 0 bridgehead atoms. The van der Waals surface area contributed by atoms with Crippen LogP contribution >= 0.6 is 11.8 Å². The fourth-order valence-corrected chi connectivity index (χ4v) is 15.5. The lowest BCUT2D eigenvalue weighted by molar-refractivity contribution is 0.590. The van der Waals surface area contributed by atoms with Crippen LogP contribution in [0.2, 0.25) is 0 Å². The first-order valence-corrected chi connectivity index (χ1v) is 32.1. The van der Waals surface area contributed by atoms with Gasteiger partial charge in [0.25, 0.3) is 0 Å². The molecule has 0 N–H and O–H groups in total. The molecule has 0 saturated carbocycles. The van der Waals surface area contributed by atoms with E-state index in [0.717, 1.165) is 19.3 Å². The van der Waals surface area contributed by atoms with E-state index in [1.165, 1.54) is 143 Å². The Kier molecular flexibility index (Phi) is 13.5. The van der Waals surface area contributed by atoms with E-state index in [2.05, 4.69) is 311 Å². The van der Waals surface area contributed by atoms with E-state index in [1.54, 1.807) is 0 Å². The summed E-state index contributed by atoms with van der Waals surface area (Å²) in [6, 6.07) is 79.5. The zero-order chi connectivity index (χ0) is 59.6. The van der Waals surface area contributed by atoms with Gasteiger partial charge in [0.15, 0.2) is 0 Å². The van der Waals surface area contributed by atoms with E-state index in [4.69, 9.17) is 0 Å². The molecule has 2 nitrogen and oxygen atoms in total. The van der Waals surface area contributed by atoms with Gasteiger partial charge in [0, 0.05) is 49.8 Å². The third-order valence-corrected chi connectivity index (χ3v) is 20.3. The van der Waals surface area contributed by atoms with E-state index in [0.29, 0.717) is 0 Å². The topological polar surface area (TPSA) is 8.17 Å². The van der Waals surface area contributed by atoms with E-state index in [9.17, 15) is 0 Å². The SMILES string of the molecule is CC(C)(C)c1ccc(-c2cc3c4c(c2)N(c2c(-c5ccccc5)cc(C(C)(C)C)cc2-c2ccccc2)C2=C(C=C(c5ccccc5)CC2)B4C2=C(S3)C(c3ccccc3)CC(n3c4ccc(C(C)(C)C)cc4c4cc(C(C)(C)C)ccc43)=C2)cc1. The number of rotatable bonds is 7. The first-order valence-electron chi connectivity index (χ1n) is 31.3. The fraction of sp³-hybridized carbons (Fsp3) is 0.244. The molecule has 1 atom stereocenters. The Morgan fingerprint density at radius 2 is 0.930 bits per heavy atom. The normalized spacial score (nSPS) is 16.3. The zero-order valence-corrected chi connectivity index (χ0v) is 53.2. The molecule has 0 saturated heterocycles. The summed E-state index contributed by atoms with van der Waals surface area (Å²) in [5, 5.41) is 2.65. The molecular formula is C82H79BN2S. The monoisotopic (exact) mass is 1130 g/mol. The third kappa shape index (κ3) is 9.77. The predicted octanol–water partition coefficient (Wildman–Crippen LogP) is 22.1. The van der Waals surface area contributed by atoms with Crippen LogP contribution in [-0.2, 0) is 21.7 Å². The third-order valence-electron chi connectivity index (χ3n) is 19.0. The number of nitrogens with zero attached hydrogens (tertiary/aromatic N) is 2. The van der Waals surface area contributed by atoms with Crippen molar-refractivity contribution < 1.29 is 0 Å². The maximum absolute atomic E-state index is 2.79. The molecule has 86 heavy (non-hydrogen) atoms. The first kappa shape index (κ1) is 55.8. The van der Waals surface area contributed by atoms with Crippen molar-refractivity contribution in [2.24, 2.45) is 0 Å². The molecule has 0 amide bonds. The Hall–Kier alpha value is -8.05. The summed E-state index contributed by atoms with van der Waals surface area (Å²) >= 11 is 2.04. The Morgan fingerprint density at radius 3 is 1.45 bits per heavy atom. The molecular weight excluding hydrogens is 1060 g/mol. The van der Waals surface area contributed by atoms with Gasteiger partial charge in [0.1, 0.15) is 0 Å². The van der Waals surface area contributed by atoms with Crippen molar-refractivity contribution >= 4 is 68.4 Å². The van der Waals surface area contributed by atoms with Crippen LogP contribution in [0.1, 0.15) is 142 Å². The highest BCUT2D eigenvalue weighted by molar-refractivity contribution is 8.03. The Bertz CT molecular complexity index is 4320. The van der Waals surface area contributed by atoms with Gasteiger partial charge in [-0.25, -0.2) is 0 Å². The summed E-state index contributed by atoms with van der Waals surface area (Å²) in [7, 11) is 0. The van der Waals surface area contributed by atoms with Crippen LogP contribution in [-0.4, -0.2) is 11.3 Å². The average Bonchev–Trinajstić information content (AvgIpc) is 0.761. The molecule has 1 unspecified atom stereocenters. The summed E-state index contributed by atoms with van der Waals surface area (Å²) < 4.78 is 2.67. The molecule has 0 fully saturated rings. The van der Waals surface area contributed by atoms with Crippen molar-refractivity contribution in [2.75, 3.05) is 4.90 Å². The second-order valence-corrected chi connectivity index (χ2v) is 30.0. The smallest absolute Gasteiger partial charge is 0.248 e. The summed E-state index contributed by atoms with van der Waals surface area (Å²) in [6.45, 7) is 28.1. The summed E-state index contributed by atoms with van der Waals surface area (Å²) in [4.78, 5) is 5.58. The van der Waals surface area contributed by atoms with Crippen molar-refractivity contribution in [3.05, 3.63) is 273 Å². The fourth-order valence-electron chi connectivity index (χ4n) is 14.1. The Labute approximate surface area is 516 Å². The Balaban J connectivity index is 1.11. The van der Waals surface area contributed by atoms with Crippen molar-refractivity contribution in [3.63, 3.8) is 0 Å². The van der Waals surface area contributed by atoms with Gasteiger partial charge in [-0.3, -0.25) is 0 Å². The summed E-state index contributed by atoms with van der Waals surface area (Å²) in [6.07, 6.45) is 7.99. The van der Waals surface area contributed by atoms with Crippen LogP contribution in [0.3, 0.4) is 0 Å². The van der Waals surface area contributed by atoms with Gasteiger partial charge in [-0.2, -0.15) is 0 Å². The second kappa shape index (κ2) is 20.8. The quantitative estimate of drug-likeness (QED) is 0.147. The number of thioether (sulfide) groups is 1. The molecule has 9 aromatic carbocycles. The van der Waals surface area contributed by atoms with Crippen LogP contribution in [0.15, 0.2) is 245 Å². The van der Waals surface area contributed by atoms with Gasteiger partial charge >= 0.3 is 0 Å². The molecule has 2 aliphatic heterocycles. The number of fused-ring (bicyclic) bond motifs is 5. The molecule has 3 heterocycles. The molecule has 2 aliphatic carbocycles. The minimum Gasteiger partial charge on any atom is -0.314 e. The van der Waals surface area contributed by atoms with Gasteiger partial charge < -0.3 is 9.47 Å². The molecule has 14 rings (SSSR count). The molecule has 1 aromatic heterocycles. The maximum Gasteiger partial charge on any atom is 0.248 e. The van der Waals surface area contributed by atoms with Crippen LogP contribution in [0.25, 0.3) is 66.5 Å². The molecule has 4 aliphatic rings. The van der Waals surface area contributed by atoms with E-state index in [1.807, 2.05) is 11.8 Å². The number of anilines is 2. The van der Waals surface area contributed by atoms with Crippen molar-refractivity contribution in [1.29, 1.82) is 0 Å². The number of allylic oxidation sites excluding steroid dienone is 8. The average molecular weight is 1140 g/mol. The van der Waals surface area contributed by atoms with E-state index in [-0.39, 0.29) is 34.3 Å². The first-order chi connectivity index (χ1) is 41.2. The lowest BCUT2D eigenvalue weighted by atomic mass is 9.32. The van der Waals surface area contributed by atoms with Gasteiger partial charge in [-0.15, -0.1) is 0 Å². The largest absolute Gasteiger partial charge is 0.314 e. The van der Waals surface area contributed by atoms with Crippen LogP contribution in [0.5, 0.6) is 0 Å². The minimum absolute atomic E-state index is 0.00258. The highest BCUT2D eigenvalue weighted by atomic mass is 32.2. The highest BCUT2D eigenvalue weighted by Crippen LogP contribution is 2.58. The molecule has 0 radical (unpaired) electrons. The highest BCUT2D eigenvalue weighted by Gasteiger charge is 2.47. The summed E-state index contributed by atoms with van der Waals surface area (Å²) in [5.74, 6) is 0.111. The van der Waals surface area contributed by atoms with E-state index < -0.39 is 0 Å². The lowest BCUT2D eigenvalue weighted by Crippen LogP contribution is -2.48. The molecule has 4 heteroatoms. The van der Waals surface area contributed by atoms with Crippen LogP contribution in [0.4, 0.5) is 11.4 Å². The number of hydrogen-bond donors (Lipinski definition) is 0. The molecule has 0 spiro atoms. The maximum atomic E-state index is 2.79. The number of benzene rings is 9. The van der Waals surface area contributed by atoms with Crippen molar-refractivity contribution in [2.45, 2.75) is 135 Å². The minimum atomic E-state index is -0.112.